The molecule has 0 saturated heterocycles. The van der Waals surface area contributed by atoms with Crippen LogP contribution in [0.1, 0.15) is 82.8 Å². The van der Waals surface area contributed by atoms with Crippen LogP contribution in [0.4, 0.5) is 8.78 Å². The Morgan fingerprint density at radius 2 is 0.596 bits per heavy atom. The van der Waals surface area contributed by atoms with Gasteiger partial charge in [0.25, 0.3) is 0 Å². The second-order valence-electron chi connectivity index (χ2n) is 25.6. The summed E-state index contributed by atoms with van der Waals surface area (Å²) in [5.41, 5.74) is 22.3. The molecule has 0 spiro atoms. The zero-order valence-corrected chi connectivity index (χ0v) is 61.8. The van der Waals surface area contributed by atoms with Crippen LogP contribution in [0, 0.1) is 34.3 Å². The lowest BCUT2D eigenvalue weighted by Gasteiger charge is -2.35. The van der Waals surface area contributed by atoms with E-state index in [0.29, 0.717) is 15.6 Å². The fourth-order valence-electron chi connectivity index (χ4n) is 14.0. The van der Waals surface area contributed by atoms with Crippen molar-refractivity contribution in [3.8, 4) is 12.1 Å². The lowest BCUT2D eigenvalue weighted by atomic mass is 9.70. The van der Waals surface area contributed by atoms with Crippen molar-refractivity contribution in [2.24, 2.45) is 11.5 Å². The zero-order chi connectivity index (χ0) is 75.8. The molecule has 0 amide bonds. The summed E-state index contributed by atoms with van der Waals surface area (Å²) in [5, 5.41) is 28.2. The Morgan fingerprint density at radius 1 is 0.303 bits per heavy atom. The van der Waals surface area contributed by atoms with E-state index in [2.05, 4.69) is 100 Å². The number of hydrogen-bond donors (Lipinski definition) is 2. The molecule has 109 heavy (non-hydrogen) atoms. The van der Waals surface area contributed by atoms with Crippen LogP contribution in [0.15, 0.2) is 436 Å². The van der Waals surface area contributed by atoms with Gasteiger partial charge in [0.1, 0.15) is 28.0 Å². The third-order valence-corrected chi connectivity index (χ3v) is 21.0. The van der Waals surface area contributed by atoms with Gasteiger partial charge < -0.3 is 11.5 Å². The minimum atomic E-state index is -1.16. The molecule has 0 bridgehead atoms. The SMILES string of the molecule is N#CC(c1ccccc1)(c1ccccc1)c1ccccc1Cl.N#CC(c1ccccc1)(c1ccccc1)c1ccccc1F.NC(c1ccccc1)(c1ccccc1)c1ccc(F)cc1.NC(c1ccccc1)(c1ccccc1)c1ccccc1Cl.c1ccc(C(c2ccccc2)(c2cccs2)n2cccn2)cc1. The molecule has 0 unspecified atom stereocenters. The predicted octanol–water partition coefficient (Wildman–Crippen LogP) is 23.3. The van der Waals surface area contributed by atoms with Crippen LogP contribution in [0.2, 0.25) is 10.0 Å². The van der Waals surface area contributed by atoms with Crippen molar-refractivity contribution in [2.45, 2.75) is 27.4 Å². The van der Waals surface area contributed by atoms with E-state index in [0.717, 1.165) is 61.2 Å². The number of rotatable bonds is 16. The number of nitriles is 2. The van der Waals surface area contributed by atoms with E-state index in [1.54, 1.807) is 41.7 Å². The van der Waals surface area contributed by atoms with Crippen LogP contribution in [0.5, 0.6) is 0 Å². The van der Waals surface area contributed by atoms with Crippen LogP contribution >= 0.6 is 34.5 Å². The molecule has 0 aliphatic heterocycles. The second kappa shape index (κ2) is 36.1. The maximum absolute atomic E-state index is 14.5. The molecule has 0 atom stereocenters. The first-order valence-electron chi connectivity index (χ1n) is 35.4. The summed E-state index contributed by atoms with van der Waals surface area (Å²) in [6.07, 6.45) is 3.88. The van der Waals surface area contributed by atoms with Gasteiger partial charge in [-0.25, -0.2) is 8.78 Å². The minimum Gasteiger partial charge on any atom is -0.314 e. The van der Waals surface area contributed by atoms with Crippen LogP contribution in [-0.4, -0.2) is 9.78 Å². The maximum Gasteiger partial charge on any atom is 0.147 e. The van der Waals surface area contributed by atoms with E-state index in [1.807, 2.05) is 310 Å². The average molecular weight is 1480 g/mol. The lowest BCUT2D eigenvalue weighted by molar-refractivity contribution is 0.468. The van der Waals surface area contributed by atoms with Crippen LogP contribution in [0.25, 0.3) is 0 Å². The van der Waals surface area contributed by atoms with Crippen molar-refractivity contribution in [3.05, 3.63) is 541 Å². The standard InChI is InChI=1S/C20H14ClN.C20H14FN.C20H16N2S.C19H16ClN.C19H16FN/c2*21-19-14-8-7-13-18(19)20(15-22,16-9-3-1-4-10-16)17-11-5-2-6-12-17;1-3-9-17(10-4-1)20(19-13-7-16-23-19,22-15-8-14-21-22)18-11-5-2-6-12-18;20-18-14-8-7-13-17(18)19(21,15-9-3-1-4-10-15)16-11-5-2-6-12-16;20-18-13-11-17(12-14-18)19(21,15-7-3-1-4-8-15)16-9-5-2-6-10-16/h2*1-14H;1-16H;2*1-14H,21H2. The highest BCUT2D eigenvalue weighted by atomic mass is 35.5. The number of hydrogen-bond acceptors (Lipinski definition) is 6. The van der Waals surface area contributed by atoms with Crippen LogP contribution < -0.4 is 11.5 Å². The first-order chi connectivity index (χ1) is 53.4. The van der Waals surface area contributed by atoms with Crippen molar-refractivity contribution in [3.63, 3.8) is 0 Å². The molecule has 0 aliphatic rings. The minimum absolute atomic E-state index is 0.262. The first kappa shape index (κ1) is 76.0. The molecule has 14 aromatic carbocycles. The highest BCUT2D eigenvalue weighted by molar-refractivity contribution is 7.10. The molecule has 2 heterocycles. The summed E-state index contributed by atoms with van der Waals surface area (Å²) < 4.78 is 29.8. The van der Waals surface area contributed by atoms with Gasteiger partial charge >= 0.3 is 0 Å². The highest BCUT2D eigenvalue weighted by Crippen LogP contribution is 2.45. The molecule has 0 saturated carbocycles. The third kappa shape index (κ3) is 16.2. The molecular weight excluding hydrogens is 1400 g/mol. The Bertz CT molecular complexity index is 5140. The van der Waals surface area contributed by atoms with Crippen molar-refractivity contribution < 1.29 is 8.78 Å². The smallest absolute Gasteiger partial charge is 0.147 e. The molecule has 4 N–H and O–H groups in total. The van der Waals surface area contributed by atoms with Gasteiger partial charge in [0.15, 0.2) is 0 Å². The fraction of sp³-hybridized carbons (Fsp3) is 0.0510. The summed E-state index contributed by atoms with van der Waals surface area (Å²) in [6.45, 7) is 0. The maximum atomic E-state index is 14.5. The topological polar surface area (TPSA) is 117 Å². The summed E-state index contributed by atoms with van der Waals surface area (Å²) in [4.78, 5) is 1.25. The lowest BCUT2D eigenvalue weighted by Crippen LogP contribution is -2.39. The summed E-state index contributed by atoms with van der Waals surface area (Å²) in [5.74, 6) is -0.640. The Kier molecular flexibility index (Phi) is 25.2. The van der Waals surface area contributed by atoms with Gasteiger partial charge in [-0.1, -0.05) is 399 Å². The predicted molar refractivity (Wildman–Crippen MR) is 441 cm³/mol. The molecule has 11 heteroatoms. The average Bonchev–Trinajstić information content (AvgIpc) is 1.74. The largest absolute Gasteiger partial charge is 0.314 e. The van der Waals surface area contributed by atoms with E-state index in [-0.39, 0.29) is 11.6 Å². The number of halogens is 4. The Balaban J connectivity index is 0.000000127. The van der Waals surface area contributed by atoms with Gasteiger partial charge in [0.05, 0.1) is 23.2 Å². The molecule has 0 radical (unpaired) electrons. The highest BCUT2D eigenvalue weighted by Gasteiger charge is 2.42. The second-order valence-corrected chi connectivity index (χ2v) is 27.3. The van der Waals surface area contributed by atoms with Crippen molar-refractivity contribution in [1.29, 1.82) is 10.5 Å². The molecule has 16 aromatic rings. The third-order valence-electron chi connectivity index (χ3n) is 19.3. The summed E-state index contributed by atoms with van der Waals surface area (Å²) in [6, 6.07) is 139. The Morgan fingerprint density at radius 3 is 0.917 bits per heavy atom. The van der Waals surface area contributed by atoms with E-state index in [4.69, 9.17) is 34.7 Å². The first-order valence-corrected chi connectivity index (χ1v) is 37.1. The molecule has 0 aliphatic carbocycles. The van der Waals surface area contributed by atoms with Gasteiger partial charge in [0, 0.05) is 32.9 Å². The Labute approximate surface area is 651 Å². The zero-order valence-electron chi connectivity index (χ0n) is 59.4. The van der Waals surface area contributed by atoms with E-state index < -0.39 is 27.4 Å². The van der Waals surface area contributed by atoms with Gasteiger partial charge in [0.2, 0.25) is 0 Å². The van der Waals surface area contributed by atoms with Crippen molar-refractivity contribution >= 4 is 34.5 Å². The molecule has 0 fully saturated rings. The molecule has 6 nitrogen and oxygen atoms in total. The van der Waals surface area contributed by atoms with E-state index in [1.165, 1.54) is 34.2 Å². The molecule has 16 rings (SSSR count). The van der Waals surface area contributed by atoms with Gasteiger partial charge in [-0.2, -0.15) is 15.6 Å². The monoisotopic (exact) mass is 1480 g/mol. The summed E-state index contributed by atoms with van der Waals surface area (Å²) >= 11 is 14.6. The molecular formula is C98H76Cl2F2N6S. The van der Waals surface area contributed by atoms with Crippen molar-refractivity contribution in [2.75, 3.05) is 0 Å². The quantitative estimate of drug-likeness (QED) is 0.0935. The number of thiophene rings is 1. The van der Waals surface area contributed by atoms with Crippen molar-refractivity contribution in [1.82, 2.24) is 9.78 Å². The molecule has 2 aromatic heterocycles. The van der Waals surface area contributed by atoms with Crippen LogP contribution in [0.3, 0.4) is 0 Å². The summed E-state index contributed by atoms with van der Waals surface area (Å²) in [7, 11) is 0. The number of benzene rings is 14. The molecule has 532 valence electrons. The normalized spacial score (nSPS) is 11.2. The van der Waals surface area contributed by atoms with Crippen LogP contribution in [-0.2, 0) is 27.4 Å². The van der Waals surface area contributed by atoms with Gasteiger partial charge in [-0.15, -0.1) is 11.3 Å². The fourth-order valence-corrected chi connectivity index (χ4v) is 15.6. The van der Waals surface area contributed by atoms with Gasteiger partial charge in [-0.05, 0) is 120 Å². The number of aromatic nitrogens is 2. The Hall–Kier alpha value is -12.7. The van der Waals surface area contributed by atoms with E-state index >= 15 is 0 Å². The number of nitrogens with zero attached hydrogens (tertiary/aromatic N) is 4. The van der Waals surface area contributed by atoms with Gasteiger partial charge in [-0.3, -0.25) is 4.68 Å². The van der Waals surface area contributed by atoms with E-state index in [9.17, 15) is 19.3 Å². The number of nitrogens with two attached hydrogens (primary N) is 2.